The van der Waals surface area contributed by atoms with E-state index in [0.29, 0.717) is 24.7 Å². The highest BCUT2D eigenvalue weighted by Crippen LogP contribution is 2.34. The summed E-state index contributed by atoms with van der Waals surface area (Å²) in [7, 11) is 0. The Labute approximate surface area is 121 Å². The number of amides is 1. The lowest BCUT2D eigenvalue weighted by atomic mass is 9.77. The monoisotopic (exact) mass is 275 g/mol. The maximum atomic E-state index is 12.3. The molecular weight excluding hydrogens is 250 g/mol. The van der Waals surface area contributed by atoms with Crippen molar-refractivity contribution in [2.45, 2.75) is 46.6 Å². The molecule has 1 amide bonds. The number of nitrogens with two attached hydrogens (primary N) is 1. The molecule has 1 unspecified atom stereocenters. The maximum absolute atomic E-state index is 12.3. The number of anilines is 1. The van der Waals surface area contributed by atoms with Crippen LogP contribution in [0.25, 0.3) is 0 Å². The van der Waals surface area contributed by atoms with E-state index < -0.39 is 0 Å². The van der Waals surface area contributed by atoms with Gasteiger partial charge in [-0.25, -0.2) is 4.98 Å². The van der Waals surface area contributed by atoms with Crippen LogP contribution in [0.15, 0.2) is 18.3 Å². The van der Waals surface area contributed by atoms with Crippen LogP contribution in [0.3, 0.4) is 0 Å². The fourth-order valence-electron chi connectivity index (χ4n) is 2.88. The third-order valence-electron chi connectivity index (χ3n) is 4.25. The third kappa shape index (κ3) is 3.71. The molecule has 20 heavy (non-hydrogen) atoms. The van der Waals surface area contributed by atoms with Gasteiger partial charge in [0.2, 0.25) is 5.91 Å². The lowest BCUT2D eigenvalue weighted by molar-refractivity contribution is -0.131. The SMILES string of the molecule is CC(C)(C)C1CCC(=O)N(Cc2ccnc(N)c2)CC1. The van der Waals surface area contributed by atoms with Gasteiger partial charge >= 0.3 is 0 Å². The lowest BCUT2D eigenvalue weighted by Gasteiger charge is -2.29. The van der Waals surface area contributed by atoms with E-state index >= 15 is 0 Å². The van der Waals surface area contributed by atoms with Crippen molar-refractivity contribution in [3.63, 3.8) is 0 Å². The number of pyridine rings is 1. The summed E-state index contributed by atoms with van der Waals surface area (Å²) >= 11 is 0. The van der Waals surface area contributed by atoms with Crippen molar-refractivity contribution in [3.05, 3.63) is 23.9 Å². The normalized spacial score (nSPS) is 20.9. The van der Waals surface area contributed by atoms with Crippen LogP contribution in [-0.2, 0) is 11.3 Å². The first-order valence-electron chi connectivity index (χ1n) is 7.34. The summed E-state index contributed by atoms with van der Waals surface area (Å²) in [5.41, 5.74) is 7.02. The smallest absolute Gasteiger partial charge is 0.222 e. The minimum atomic E-state index is 0.257. The Balaban J connectivity index is 2.04. The number of nitrogen functional groups attached to an aromatic ring is 1. The van der Waals surface area contributed by atoms with Gasteiger partial charge in [0.1, 0.15) is 5.82 Å². The summed E-state index contributed by atoms with van der Waals surface area (Å²) in [6, 6.07) is 3.77. The maximum Gasteiger partial charge on any atom is 0.222 e. The number of rotatable bonds is 2. The molecule has 0 aromatic carbocycles. The molecule has 1 aliphatic heterocycles. The van der Waals surface area contributed by atoms with E-state index in [4.69, 9.17) is 5.73 Å². The fourth-order valence-corrected chi connectivity index (χ4v) is 2.88. The fraction of sp³-hybridized carbons (Fsp3) is 0.625. The summed E-state index contributed by atoms with van der Waals surface area (Å²) in [6.45, 7) is 8.27. The summed E-state index contributed by atoms with van der Waals surface area (Å²) in [5.74, 6) is 1.38. The number of carbonyl (C=O) groups is 1. The molecule has 1 aromatic rings. The highest BCUT2D eigenvalue weighted by Gasteiger charge is 2.29. The molecule has 2 heterocycles. The van der Waals surface area contributed by atoms with Crippen LogP contribution in [0.5, 0.6) is 0 Å². The van der Waals surface area contributed by atoms with E-state index in [2.05, 4.69) is 25.8 Å². The zero-order valence-electron chi connectivity index (χ0n) is 12.7. The van der Waals surface area contributed by atoms with E-state index in [9.17, 15) is 4.79 Å². The van der Waals surface area contributed by atoms with Gasteiger partial charge in [-0.2, -0.15) is 0 Å². The molecule has 0 aliphatic carbocycles. The molecule has 1 aromatic heterocycles. The Morgan fingerprint density at radius 2 is 2.15 bits per heavy atom. The zero-order valence-corrected chi connectivity index (χ0v) is 12.7. The van der Waals surface area contributed by atoms with Crippen molar-refractivity contribution in [2.24, 2.45) is 11.3 Å². The Kier molecular flexibility index (Phi) is 4.31. The second-order valence-electron chi connectivity index (χ2n) is 6.79. The Morgan fingerprint density at radius 3 is 2.80 bits per heavy atom. The molecule has 1 aliphatic rings. The molecule has 2 rings (SSSR count). The van der Waals surface area contributed by atoms with Gasteiger partial charge in [-0.3, -0.25) is 4.79 Å². The standard InChI is InChI=1S/C16H25N3O/c1-16(2,3)13-4-5-15(20)19(9-7-13)11-12-6-8-18-14(17)10-12/h6,8,10,13H,4-5,7,9,11H2,1-3H3,(H2,17,18). The molecule has 1 saturated heterocycles. The van der Waals surface area contributed by atoms with E-state index in [0.717, 1.165) is 24.9 Å². The van der Waals surface area contributed by atoms with E-state index in [1.165, 1.54) is 0 Å². The number of likely N-dealkylation sites (tertiary alicyclic amines) is 1. The molecule has 0 bridgehead atoms. The van der Waals surface area contributed by atoms with E-state index in [1.807, 2.05) is 17.0 Å². The van der Waals surface area contributed by atoms with Crippen LogP contribution < -0.4 is 5.73 Å². The molecule has 4 nitrogen and oxygen atoms in total. The van der Waals surface area contributed by atoms with Crippen LogP contribution in [0, 0.1) is 11.3 Å². The average molecular weight is 275 g/mol. The summed E-state index contributed by atoms with van der Waals surface area (Å²) in [4.78, 5) is 18.2. The van der Waals surface area contributed by atoms with Crippen LogP contribution in [0.2, 0.25) is 0 Å². The first kappa shape index (κ1) is 14.8. The first-order valence-corrected chi connectivity index (χ1v) is 7.34. The third-order valence-corrected chi connectivity index (χ3v) is 4.25. The van der Waals surface area contributed by atoms with Gasteiger partial charge in [0.15, 0.2) is 0 Å². The highest BCUT2D eigenvalue weighted by molar-refractivity contribution is 5.76. The Bertz CT molecular complexity index is 479. The van der Waals surface area contributed by atoms with Gasteiger partial charge in [-0.1, -0.05) is 20.8 Å². The number of aromatic nitrogens is 1. The summed E-state index contributed by atoms with van der Waals surface area (Å²) < 4.78 is 0. The summed E-state index contributed by atoms with van der Waals surface area (Å²) in [6.07, 6.45) is 4.43. The Morgan fingerprint density at radius 1 is 1.40 bits per heavy atom. The number of carbonyl (C=O) groups excluding carboxylic acids is 1. The molecule has 1 fully saturated rings. The van der Waals surface area contributed by atoms with Gasteiger partial charge in [0.25, 0.3) is 0 Å². The molecule has 1 atom stereocenters. The van der Waals surface area contributed by atoms with Crippen LogP contribution in [-0.4, -0.2) is 22.3 Å². The summed E-state index contributed by atoms with van der Waals surface area (Å²) in [5, 5.41) is 0. The van der Waals surface area contributed by atoms with E-state index in [-0.39, 0.29) is 11.3 Å². The molecule has 4 heteroatoms. The quantitative estimate of drug-likeness (QED) is 0.903. The predicted molar refractivity (Wildman–Crippen MR) is 80.9 cm³/mol. The zero-order chi connectivity index (χ0) is 14.8. The number of nitrogens with zero attached hydrogens (tertiary/aromatic N) is 2. The second-order valence-corrected chi connectivity index (χ2v) is 6.79. The largest absolute Gasteiger partial charge is 0.384 e. The molecule has 0 spiro atoms. The van der Waals surface area contributed by atoms with Crippen LogP contribution >= 0.6 is 0 Å². The van der Waals surface area contributed by atoms with E-state index in [1.54, 1.807) is 6.20 Å². The van der Waals surface area contributed by atoms with Crippen molar-refractivity contribution < 1.29 is 4.79 Å². The predicted octanol–water partition coefficient (Wildman–Crippen LogP) is 2.84. The van der Waals surface area contributed by atoms with Crippen molar-refractivity contribution in [2.75, 3.05) is 12.3 Å². The van der Waals surface area contributed by atoms with Crippen molar-refractivity contribution in [3.8, 4) is 0 Å². The lowest BCUT2D eigenvalue weighted by Crippen LogP contribution is -2.30. The highest BCUT2D eigenvalue weighted by atomic mass is 16.2. The molecule has 0 saturated carbocycles. The van der Waals surface area contributed by atoms with Gasteiger partial charge in [-0.05, 0) is 41.9 Å². The molecule has 110 valence electrons. The molecule has 2 N–H and O–H groups in total. The van der Waals surface area contributed by atoms with Gasteiger partial charge in [-0.15, -0.1) is 0 Å². The van der Waals surface area contributed by atoms with Crippen molar-refractivity contribution >= 4 is 11.7 Å². The van der Waals surface area contributed by atoms with Crippen LogP contribution in [0.4, 0.5) is 5.82 Å². The van der Waals surface area contributed by atoms with Gasteiger partial charge in [0, 0.05) is 25.7 Å². The first-order chi connectivity index (χ1) is 9.36. The topological polar surface area (TPSA) is 59.2 Å². The van der Waals surface area contributed by atoms with Crippen LogP contribution in [0.1, 0.15) is 45.6 Å². The Hall–Kier alpha value is -1.58. The van der Waals surface area contributed by atoms with Crippen molar-refractivity contribution in [1.29, 1.82) is 0 Å². The average Bonchev–Trinajstić information content (AvgIpc) is 2.52. The molecule has 0 radical (unpaired) electrons. The van der Waals surface area contributed by atoms with Gasteiger partial charge in [0.05, 0.1) is 0 Å². The minimum absolute atomic E-state index is 0.257. The minimum Gasteiger partial charge on any atom is -0.384 e. The van der Waals surface area contributed by atoms with Crippen molar-refractivity contribution in [1.82, 2.24) is 9.88 Å². The van der Waals surface area contributed by atoms with Gasteiger partial charge < -0.3 is 10.6 Å². The molecular formula is C16H25N3O. The number of hydrogen-bond donors (Lipinski definition) is 1. The number of hydrogen-bond acceptors (Lipinski definition) is 3. The second kappa shape index (κ2) is 5.81.